The van der Waals surface area contributed by atoms with Crippen LogP contribution in [-0.2, 0) is 9.59 Å². The highest BCUT2D eigenvalue weighted by Crippen LogP contribution is 2.61. The number of hydrogen-bond donors (Lipinski definition) is 3. The molecule has 5 rings (SSSR count). The number of benzene rings is 1. The van der Waals surface area contributed by atoms with Gasteiger partial charge in [-0.3, -0.25) is 14.4 Å². The fourth-order valence-electron chi connectivity index (χ4n) is 6.03. The van der Waals surface area contributed by atoms with Gasteiger partial charge < -0.3 is 16.4 Å². The van der Waals surface area contributed by atoms with Crippen LogP contribution in [0, 0.1) is 23.2 Å². The summed E-state index contributed by atoms with van der Waals surface area (Å²) in [6.07, 6.45) is 7.58. The first kappa shape index (κ1) is 18.0. The molecular formula is C21H27N3O3. The molecule has 0 heterocycles. The van der Waals surface area contributed by atoms with Crippen LogP contribution < -0.4 is 16.4 Å². The summed E-state index contributed by atoms with van der Waals surface area (Å²) < 4.78 is 0. The van der Waals surface area contributed by atoms with E-state index in [2.05, 4.69) is 17.6 Å². The summed E-state index contributed by atoms with van der Waals surface area (Å²) in [7, 11) is 0. The summed E-state index contributed by atoms with van der Waals surface area (Å²) in [5, 5.41) is 5.55. The Labute approximate surface area is 159 Å². The van der Waals surface area contributed by atoms with Crippen molar-refractivity contribution in [3.8, 4) is 0 Å². The molecule has 1 atom stereocenters. The lowest BCUT2D eigenvalue weighted by Crippen LogP contribution is -2.57. The molecule has 4 aliphatic carbocycles. The molecule has 1 unspecified atom stereocenters. The Bertz CT molecular complexity index is 736. The molecule has 144 valence electrons. The smallest absolute Gasteiger partial charge is 0.313 e. The largest absolute Gasteiger partial charge is 0.366 e. The van der Waals surface area contributed by atoms with Crippen molar-refractivity contribution in [3.63, 3.8) is 0 Å². The highest BCUT2D eigenvalue weighted by Gasteiger charge is 2.53. The molecule has 4 bridgehead atoms. The van der Waals surface area contributed by atoms with Crippen molar-refractivity contribution in [2.24, 2.45) is 28.9 Å². The number of carbonyl (C=O) groups excluding carboxylic acids is 3. The van der Waals surface area contributed by atoms with Crippen LogP contribution in [0.1, 0.15) is 55.8 Å². The van der Waals surface area contributed by atoms with Crippen LogP contribution >= 0.6 is 0 Å². The van der Waals surface area contributed by atoms with Gasteiger partial charge >= 0.3 is 11.8 Å². The lowest BCUT2D eigenvalue weighted by molar-refractivity contribution is -0.138. The van der Waals surface area contributed by atoms with Gasteiger partial charge in [0.25, 0.3) is 0 Å². The first-order chi connectivity index (χ1) is 12.8. The maximum atomic E-state index is 12.4. The Morgan fingerprint density at radius 2 is 1.48 bits per heavy atom. The zero-order chi connectivity index (χ0) is 19.2. The lowest BCUT2D eigenvalue weighted by atomic mass is 9.48. The Kier molecular flexibility index (Phi) is 4.44. The first-order valence-corrected chi connectivity index (χ1v) is 9.86. The predicted octanol–water partition coefficient (Wildman–Crippen LogP) is 2.45. The van der Waals surface area contributed by atoms with Gasteiger partial charge in [-0.2, -0.15) is 0 Å². The van der Waals surface area contributed by atoms with Gasteiger partial charge in [0.2, 0.25) is 5.91 Å². The molecule has 4 fully saturated rings. The predicted molar refractivity (Wildman–Crippen MR) is 102 cm³/mol. The molecule has 0 radical (unpaired) electrons. The average molecular weight is 369 g/mol. The number of amides is 3. The molecule has 0 saturated heterocycles. The molecule has 6 heteroatoms. The van der Waals surface area contributed by atoms with Crippen LogP contribution in [0.4, 0.5) is 5.69 Å². The van der Waals surface area contributed by atoms with Gasteiger partial charge in [0.15, 0.2) is 0 Å². The molecule has 0 spiro atoms. The molecule has 4 saturated carbocycles. The monoisotopic (exact) mass is 369 g/mol. The number of rotatable bonds is 4. The number of nitrogens with one attached hydrogen (secondary N) is 2. The maximum absolute atomic E-state index is 12.4. The van der Waals surface area contributed by atoms with E-state index in [1.54, 1.807) is 12.1 Å². The Balaban J connectivity index is 1.37. The van der Waals surface area contributed by atoms with Crippen molar-refractivity contribution >= 4 is 23.4 Å². The lowest BCUT2D eigenvalue weighted by Gasteiger charge is -2.59. The second kappa shape index (κ2) is 6.66. The van der Waals surface area contributed by atoms with Crippen molar-refractivity contribution in [2.75, 3.05) is 5.32 Å². The van der Waals surface area contributed by atoms with Crippen LogP contribution in [0.25, 0.3) is 0 Å². The van der Waals surface area contributed by atoms with E-state index in [1.807, 2.05) is 0 Å². The van der Waals surface area contributed by atoms with Gasteiger partial charge in [-0.1, -0.05) is 0 Å². The number of hydrogen-bond acceptors (Lipinski definition) is 3. The van der Waals surface area contributed by atoms with Gasteiger partial charge in [-0.15, -0.1) is 0 Å². The topological polar surface area (TPSA) is 101 Å². The molecular weight excluding hydrogens is 342 g/mol. The third-order valence-corrected chi connectivity index (χ3v) is 6.99. The molecule has 6 nitrogen and oxygen atoms in total. The van der Waals surface area contributed by atoms with Gasteiger partial charge in [0, 0.05) is 17.3 Å². The second-order valence-corrected chi connectivity index (χ2v) is 8.87. The van der Waals surface area contributed by atoms with Gasteiger partial charge in [-0.25, -0.2) is 0 Å². The third kappa shape index (κ3) is 3.45. The van der Waals surface area contributed by atoms with E-state index in [4.69, 9.17) is 5.73 Å². The van der Waals surface area contributed by atoms with Crippen molar-refractivity contribution in [1.29, 1.82) is 0 Å². The van der Waals surface area contributed by atoms with E-state index < -0.39 is 17.7 Å². The number of primary amides is 1. The summed E-state index contributed by atoms with van der Waals surface area (Å²) in [6.45, 7) is 2.06. The van der Waals surface area contributed by atoms with Crippen molar-refractivity contribution in [1.82, 2.24) is 5.32 Å². The normalized spacial score (nSPS) is 32.0. The second-order valence-electron chi connectivity index (χ2n) is 8.87. The number of nitrogens with two attached hydrogens (primary N) is 1. The van der Waals surface area contributed by atoms with Gasteiger partial charge in [0.05, 0.1) is 0 Å². The molecule has 0 aromatic heterocycles. The van der Waals surface area contributed by atoms with Crippen LogP contribution in [0.2, 0.25) is 0 Å². The molecule has 1 aromatic rings. The van der Waals surface area contributed by atoms with Crippen molar-refractivity contribution in [2.45, 2.75) is 51.5 Å². The van der Waals surface area contributed by atoms with E-state index in [9.17, 15) is 14.4 Å². The first-order valence-electron chi connectivity index (χ1n) is 9.86. The van der Waals surface area contributed by atoms with Gasteiger partial charge in [0.1, 0.15) is 0 Å². The Morgan fingerprint density at radius 1 is 0.963 bits per heavy atom. The van der Waals surface area contributed by atoms with E-state index in [0.29, 0.717) is 11.3 Å². The average Bonchev–Trinajstić information content (AvgIpc) is 2.60. The summed E-state index contributed by atoms with van der Waals surface area (Å²) in [5.41, 5.74) is 6.18. The number of carbonyl (C=O) groups is 3. The van der Waals surface area contributed by atoms with Crippen LogP contribution in [0.5, 0.6) is 0 Å². The highest BCUT2D eigenvalue weighted by molar-refractivity contribution is 6.39. The third-order valence-electron chi connectivity index (χ3n) is 6.99. The fourth-order valence-corrected chi connectivity index (χ4v) is 6.03. The number of anilines is 1. The van der Waals surface area contributed by atoms with Crippen molar-refractivity contribution < 1.29 is 14.4 Å². The van der Waals surface area contributed by atoms with E-state index >= 15 is 0 Å². The molecule has 27 heavy (non-hydrogen) atoms. The minimum Gasteiger partial charge on any atom is -0.366 e. The minimum atomic E-state index is -0.682. The maximum Gasteiger partial charge on any atom is 0.313 e. The molecule has 3 amide bonds. The zero-order valence-corrected chi connectivity index (χ0v) is 15.7. The van der Waals surface area contributed by atoms with Crippen molar-refractivity contribution in [3.05, 3.63) is 29.8 Å². The van der Waals surface area contributed by atoms with Crippen LogP contribution in [0.3, 0.4) is 0 Å². The molecule has 1 aromatic carbocycles. The van der Waals surface area contributed by atoms with E-state index in [-0.39, 0.29) is 11.5 Å². The molecule has 0 aliphatic heterocycles. The standard InChI is InChI=1S/C21H27N3O3/c1-12(21-9-13-6-14(10-21)8-15(7-13)11-21)23-19(26)20(27)24-17-4-2-16(3-5-17)18(22)25/h2-5,12-15H,6-11H2,1H3,(H2,22,25)(H,23,26)(H,24,27). The quantitative estimate of drug-likeness (QED) is 0.711. The SMILES string of the molecule is CC(NC(=O)C(=O)Nc1ccc(C(N)=O)cc1)C12CC3CC(CC(C3)C1)C2. The summed E-state index contributed by atoms with van der Waals surface area (Å²) in [4.78, 5) is 35.8. The van der Waals surface area contributed by atoms with E-state index in [1.165, 1.54) is 50.7 Å². The minimum absolute atomic E-state index is 0.00128. The zero-order valence-electron chi connectivity index (χ0n) is 15.7. The molecule has 4 N–H and O–H groups in total. The molecule has 4 aliphatic rings. The Hall–Kier alpha value is -2.37. The fraction of sp³-hybridized carbons (Fsp3) is 0.571. The summed E-state index contributed by atoms with van der Waals surface area (Å²) in [5.74, 6) is 0.584. The Morgan fingerprint density at radius 3 is 1.96 bits per heavy atom. The van der Waals surface area contributed by atoms with E-state index in [0.717, 1.165) is 17.8 Å². The highest BCUT2D eigenvalue weighted by atomic mass is 16.2. The van der Waals surface area contributed by atoms with Crippen LogP contribution in [0.15, 0.2) is 24.3 Å². The van der Waals surface area contributed by atoms with Crippen LogP contribution in [-0.4, -0.2) is 23.8 Å². The summed E-state index contributed by atoms with van der Waals surface area (Å²) in [6, 6.07) is 6.17. The van der Waals surface area contributed by atoms with Gasteiger partial charge in [-0.05, 0) is 92.9 Å². The summed E-state index contributed by atoms with van der Waals surface area (Å²) >= 11 is 0.